The van der Waals surface area contributed by atoms with Crippen molar-refractivity contribution in [2.75, 3.05) is 4.90 Å². The number of hydrogen-bond acceptors (Lipinski definition) is 3. The Morgan fingerprint density at radius 2 is 1.29 bits per heavy atom. The number of fused-ring (bicyclic) bond motifs is 4. The summed E-state index contributed by atoms with van der Waals surface area (Å²) in [6.45, 7) is 11.4. The molecule has 226 valence electrons. The zero-order valence-corrected chi connectivity index (χ0v) is 26.2. The van der Waals surface area contributed by atoms with Gasteiger partial charge in [-0.05, 0) is 90.2 Å². The number of carbonyl (C=O) groups excluding carboxylic acids is 2. The van der Waals surface area contributed by atoms with Gasteiger partial charge in [-0.2, -0.15) is 5.26 Å². The van der Waals surface area contributed by atoms with Crippen LogP contribution in [0.4, 0.5) is 11.4 Å². The van der Waals surface area contributed by atoms with Crippen molar-refractivity contribution in [3.05, 3.63) is 161 Å². The monoisotopic (exact) mass is 618 g/mol. The van der Waals surface area contributed by atoms with Crippen molar-refractivity contribution < 1.29 is 9.59 Å². The maximum absolute atomic E-state index is 14.2. The Kier molecular flexibility index (Phi) is 6.54. The molecule has 0 unspecified atom stereocenters. The fourth-order valence-electron chi connectivity index (χ4n) is 6.98. The van der Waals surface area contributed by atoms with E-state index in [2.05, 4.69) is 51.9 Å². The van der Waals surface area contributed by atoms with Gasteiger partial charge in [0.2, 0.25) is 0 Å². The van der Waals surface area contributed by atoms with Crippen molar-refractivity contribution in [1.29, 1.82) is 5.26 Å². The van der Waals surface area contributed by atoms with Crippen LogP contribution < -0.4 is 4.90 Å². The van der Waals surface area contributed by atoms with Crippen molar-refractivity contribution in [2.45, 2.75) is 13.8 Å². The largest absolute Gasteiger partial charge is 0.308 e. The van der Waals surface area contributed by atoms with E-state index < -0.39 is 0 Å². The number of amides is 2. The predicted molar refractivity (Wildman–Crippen MR) is 190 cm³/mol. The first-order valence-corrected chi connectivity index (χ1v) is 15.5. The third-order valence-electron chi connectivity index (χ3n) is 9.23. The van der Waals surface area contributed by atoms with Gasteiger partial charge in [0.05, 0.1) is 51.7 Å². The molecule has 0 atom stereocenters. The Morgan fingerprint density at radius 1 is 0.646 bits per heavy atom. The van der Waals surface area contributed by atoms with Gasteiger partial charge in [-0.15, -0.1) is 0 Å². The molecule has 7 aromatic rings. The average molecular weight is 619 g/mol. The van der Waals surface area contributed by atoms with Gasteiger partial charge in [0, 0.05) is 10.8 Å². The van der Waals surface area contributed by atoms with Crippen molar-refractivity contribution >= 4 is 45.0 Å². The van der Waals surface area contributed by atoms with Crippen LogP contribution in [-0.2, 0) is 0 Å². The van der Waals surface area contributed by atoms with Crippen LogP contribution >= 0.6 is 0 Å². The summed E-state index contributed by atoms with van der Waals surface area (Å²) in [5.74, 6) is -0.721. The maximum atomic E-state index is 14.2. The third-order valence-corrected chi connectivity index (χ3v) is 9.23. The smallest absolute Gasteiger partial charge is 0.268 e. The predicted octanol–water partition coefficient (Wildman–Crippen LogP) is 9.96. The fourth-order valence-corrected chi connectivity index (χ4v) is 6.98. The van der Waals surface area contributed by atoms with E-state index in [1.54, 1.807) is 18.2 Å². The minimum atomic E-state index is -0.368. The van der Waals surface area contributed by atoms with Crippen molar-refractivity contribution in [2.24, 2.45) is 0 Å². The lowest BCUT2D eigenvalue weighted by Gasteiger charge is -2.15. The molecule has 0 saturated heterocycles. The van der Waals surface area contributed by atoms with E-state index in [0.29, 0.717) is 33.8 Å². The Bertz CT molecular complexity index is 2480. The van der Waals surface area contributed by atoms with Gasteiger partial charge in [0.15, 0.2) is 5.69 Å². The van der Waals surface area contributed by atoms with E-state index in [0.717, 1.165) is 55.2 Å². The normalized spacial score (nSPS) is 12.4. The number of benzene rings is 6. The number of aromatic nitrogens is 1. The summed E-state index contributed by atoms with van der Waals surface area (Å²) >= 11 is 0. The highest BCUT2D eigenvalue weighted by atomic mass is 16.2. The van der Waals surface area contributed by atoms with Crippen molar-refractivity contribution in [3.63, 3.8) is 0 Å². The van der Waals surface area contributed by atoms with Crippen LogP contribution in [0.3, 0.4) is 0 Å². The molecule has 0 spiro atoms. The molecule has 0 bridgehead atoms. The number of hydrogen-bond donors (Lipinski definition) is 0. The molecule has 6 heteroatoms. The number of nitriles is 1. The lowest BCUT2D eigenvalue weighted by atomic mass is 9.97. The minimum Gasteiger partial charge on any atom is -0.308 e. The first-order valence-electron chi connectivity index (χ1n) is 15.5. The number of para-hydroxylation sites is 1. The van der Waals surface area contributed by atoms with Crippen molar-refractivity contribution in [1.82, 2.24) is 4.57 Å². The molecule has 1 aliphatic rings. The van der Waals surface area contributed by atoms with E-state index >= 15 is 0 Å². The molecule has 0 saturated carbocycles. The second-order valence-electron chi connectivity index (χ2n) is 12.0. The molecule has 6 nitrogen and oxygen atoms in total. The first kappa shape index (κ1) is 28.7. The Morgan fingerprint density at radius 3 is 1.90 bits per heavy atom. The van der Waals surface area contributed by atoms with Gasteiger partial charge < -0.3 is 4.57 Å². The molecule has 1 aliphatic heterocycles. The topological polar surface area (TPSA) is 70.5 Å². The zero-order chi connectivity index (χ0) is 33.1. The summed E-state index contributed by atoms with van der Waals surface area (Å²) in [5, 5.41) is 11.4. The van der Waals surface area contributed by atoms with E-state index in [1.165, 1.54) is 4.90 Å². The van der Waals surface area contributed by atoms with Crippen LogP contribution in [0, 0.1) is 31.8 Å². The fraction of sp³-hybridized carbons (Fsp3) is 0.0476. The third kappa shape index (κ3) is 4.32. The van der Waals surface area contributed by atoms with E-state index in [9.17, 15) is 14.9 Å². The number of nitrogens with zero attached hydrogens (tertiary/aromatic N) is 4. The standard InChI is InChI=1S/C42H26N4O2/c1-25-20-27(24-43)12-16-32(25)28-13-17-34-35-18-14-29(33-19-15-30(44-3)21-26(33)2)23-39(35)46(38(34)22-28)37-11-7-10-36-40(37)42(48)45(41(36)47)31-8-5-4-6-9-31/h4-23H,1-2H3. The molecular weight excluding hydrogens is 592 g/mol. The lowest BCUT2D eigenvalue weighted by Crippen LogP contribution is -2.29. The summed E-state index contributed by atoms with van der Waals surface area (Å²) < 4.78 is 2.10. The molecule has 1 aromatic heterocycles. The Hall–Kier alpha value is -6.76. The lowest BCUT2D eigenvalue weighted by molar-refractivity contribution is 0.0926. The molecule has 2 heterocycles. The number of carbonyl (C=O) groups is 2. The van der Waals surface area contributed by atoms with Crippen LogP contribution in [0.15, 0.2) is 121 Å². The molecule has 0 aliphatic carbocycles. The highest BCUT2D eigenvalue weighted by Gasteiger charge is 2.39. The summed E-state index contributed by atoms with van der Waals surface area (Å²) in [5.41, 5.74) is 10.8. The molecule has 8 rings (SSSR count). The molecule has 0 N–H and O–H groups in total. The van der Waals surface area contributed by atoms with E-state index in [1.807, 2.05) is 80.6 Å². The molecule has 48 heavy (non-hydrogen) atoms. The van der Waals surface area contributed by atoms with E-state index in [4.69, 9.17) is 6.57 Å². The first-order chi connectivity index (χ1) is 23.4. The van der Waals surface area contributed by atoms with Crippen LogP contribution in [0.1, 0.15) is 37.4 Å². The minimum absolute atomic E-state index is 0.353. The Balaban J connectivity index is 1.42. The zero-order valence-electron chi connectivity index (χ0n) is 26.2. The highest BCUT2D eigenvalue weighted by molar-refractivity contribution is 6.35. The summed E-state index contributed by atoms with van der Waals surface area (Å²) in [4.78, 5) is 32.8. The molecule has 0 fully saturated rings. The molecule has 6 aromatic carbocycles. The van der Waals surface area contributed by atoms with Crippen molar-refractivity contribution in [3.8, 4) is 34.0 Å². The van der Waals surface area contributed by atoms with Crippen LogP contribution in [0.5, 0.6) is 0 Å². The number of imide groups is 1. The molecular formula is C42H26N4O2. The molecule has 2 amide bonds. The highest BCUT2D eigenvalue weighted by Crippen LogP contribution is 2.41. The Labute approximate surface area is 277 Å². The molecule has 0 radical (unpaired) electrons. The second-order valence-corrected chi connectivity index (χ2v) is 12.0. The number of anilines is 1. The number of aryl methyl sites for hydroxylation is 2. The van der Waals surface area contributed by atoms with Crippen LogP contribution in [-0.4, -0.2) is 16.4 Å². The SMILES string of the molecule is [C-]#[N+]c1ccc(-c2ccc3c4ccc(-c5ccc(C#N)cc5C)cc4n(-c4cccc5c4C(=O)N(c4ccccc4)C5=O)c3c2)c(C)c1. The van der Waals surface area contributed by atoms with Gasteiger partial charge in [-0.25, -0.2) is 9.74 Å². The van der Waals surface area contributed by atoms with Gasteiger partial charge in [-0.1, -0.05) is 78.4 Å². The summed E-state index contributed by atoms with van der Waals surface area (Å²) in [6, 6.07) is 40.7. The van der Waals surface area contributed by atoms with Gasteiger partial charge in [-0.3, -0.25) is 9.59 Å². The van der Waals surface area contributed by atoms with Gasteiger partial charge >= 0.3 is 0 Å². The summed E-state index contributed by atoms with van der Waals surface area (Å²) in [7, 11) is 0. The average Bonchev–Trinajstić information content (AvgIpc) is 3.57. The van der Waals surface area contributed by atoms with E-state index in [-0.39, 0.29) is 11.8 Å². The summed E-state index contributed by atoms with van der Waals surface area (Å²) in [6.07, 6.45) is 0. The van der Waals surface area contributed by atoms with Crippen LogP contribution in [0.25, 0.3) is 54.6 Å². The second kappa shape index (κ2) is 10.9. The maximum Gasteiger partial charge on any atom is 0.268 e. The number of rotatable bonds is 4. The quantitative estimate of drug-likeness (QED) is 0.146. The van der Waals surface area contributed by atoms with Crippen LogP contribution in [0.2, 0.25) is 0 Å². The van der Waals surface area contributed by atoms with Gasteiger partial charge in [0.1, 0.15) is 0 Å². The van der Waals surface area contributed by atoms with Gasteiger partial charge in [0.25, 0.3) is 11.8 Å².